The minimum atomic E-state index is -3.79. The summed E-state index contributed by atoms with van der Waals surface area (Å²) in [5.41, 5.74) is 1.46. The number of benzene rings is 3. The first-order chi connectivity index (χ1) is 13.6. The number of aromatic nitrogens is 2. The molecule has 3 aromatic carbocycles. The summed E-state index contributed by atoms with van der Waals surface area (Å²) in [6.07, 6.45) is 0. The lowest BCUT2D eigenvalue weighted by Crippen LogP contribution is -2.29. The second-order valence-corrected chi connectivity index (χ2v) is 7.80. The maximum Gasteiger partial charge on any atom is 0.247 e. The van der Waals surface area contributed by atoms with E-state index in [0.717, 1.165) is 5.56 Å². The molecule has 0 saturated heterocycles. The summed E-state index contributed by atoms with van der Waals surface area (Å²) >= 11 is 0. The van der Waals surface area contributed by atoms with Crippen molar-refractivity contribution < 1.29 is 12.8 Å². The molecule has 1 unspecified atom stereocenters. The van der Waals surface area contributed by atoms with Gasteiger partial charge in [0.05, 0.1) is 4.90 Å². The molecule has 7 heteroatoms. The number of hydrogen-bond donors (Lipinski definition) is 1. The predicted octanol–water partition coefficient (Wildman–Crippen LogP) is 3.80. The van der Waals surface area contributed by atoms with E-state index in [1.54, 1.807) is 18.2 Å². The molecule has 4 rings (SSSR count). The van der Waals surface area contributed by atoms with E-state index in [4.69, 9.17) is 4.42 Å². The van der Waals surface area contributed by atoms with Gasteiger partial charge in [0.15, 0.2) is 0 Å². The third kappa shape index (κ3) is 3.85. The number of nitrogens with zero attached hydrogens (tertiary/aromatic N) is 2. The van der Waals surface area contributed by atoms with Crippen molar-refractivity contribution in [2.24, 2.45) is 0 Å². The fourth-order valence-electron chi connectivity index (χ4n) is 2.78. The maximum atomic E-state index is 12.9. The SMILES string of the molecule is O=S(=O)(NC(c1ccccc1)c1nnc(-c2ccccc2)o1)c1ccccc1. The zero-order valence-electron chi connectivity index (χ0n) is 14.8. The van der Waals surface area contributed by atoms with Gasteiger partial charge in [0, 0.05) is 5.56 Å². The van der Waals surface area contributed by atoms with Gasteiger partial charge in [0.1, 0.15) is 6.04 Å². The Kier molecular flexibility index (Phi) is 5.01. The Hall–Kier alpha value is -3.29. The molecule has 140 valence electrons. The van der Waals surface area contributed by atoms with Crippen molar-refractivity contribution in [3.8, 4) is 11.5 Å². The third-order valence-corrected chi connectivity index (χ3v) is 5.61. The second-order valence-electron chi connectivity index (χ2n) is 6.09. The third-order valence-electron chi connectivity index (χ3n) is 4.17. The molecule has 0 aliphatic rings. The molecule has 1 atom stereocenters. The highest BCUT2D eigenvalue weighted by Crippen LogP contribution is 2.26. The van der Waals surface area contributed by atoms with Crippen LogP contribution in [0.5, 0.6) is 0 Å². The summed E-state index contributed by atoms with van der Waals surface area (Å²) in [5.74, 6) is 0.500. The van der Waals surface area contributed by atoms with Crippen molar-refractivity contribution in [3.63, 3.8) is 0 Å². The molecule has 0 spiro atoms. The van der Waals surface area contributed by atoms with E-state index in [1.807, 2.05) is 60.7 Å². The molecule has 0 fully saturated rings. The number of rotatable bonds is 6. The smallest absolute Gasteiger partial charge is 0.247 e. The minimum Gasteiger partial charge on any atom is -0.419 e. The monoisotopic (exact) mass is 391 g/mol. The van der Waals surface area contributed by atoms with Crippen molar-refractivity contribution in [3.05, 3.63) is 102 Å². The van der Waals surface area contributed by atoms with Crippen LogP contribution in [-0.4, -0.2) is 18.6 Å². The van der Waals surface area contributed by atoms with E-state index in [1.165, 1.54) is 12.1 Å². The highest BCUT2D eigenvalue weighted by Gasteiger charge is 2.27. The van der Waals surface area contributed by atoms with Gasteiger partial charge in [-0.2, -0.15) is 4.72 Å². The van der Waals surface area contributed by atoms with Gasteiger partial charge >= 0.3 is 0 Å². The lowest BCUT2D eigenvalue weighted by atomic mass is 10.1. The van der Waals surface area contributed by atoms with Crippen LogP contribution >= 0.6 is 0 Å². The largest absolute Gasteiger partial charge is 0.419 e. The van der Waals surface area contributed by atoms with E-state index in [0.29, 0.717) is 11.5 Å². The fourth-order valence-corrected chi connectivity index (χ4v) is 3.98. The number of nitrogens with one attached hydrogen (secondary N) is 1. The zero-order chi connectivity index (χ0) is 19.4. The first kappa shape index (κ1) is 18.1. The first-order valence-electron chi connectivity index (χ1n) is 8.65. The van der Waals surface area contributed by atoms with Crippen molar-refractivity contribution >= 4 is 10.0 Å². The van der Waals surface area contributed by atoms with Crippen LogP contribution in [0.1, 0.15) is 17.5 Å². The molecular weight excluding hydrogens is 374 g/mol. The Labute approximate surface area is 162 Å². The lowest BCUT2D eigenvalue weighted by Gasteiger charge is -2.16. The lowest BCUT2D eigenvalue weighted by molar-refractivity contribution is 0.464. The van der Waals surface area contributed by atoms with Crippen LogP contribution in [0.4, 0.5) is 0 Å². The summed E-state index contributed by atoms with van der Waals surface area (Å²) in [5, 5.41) is 8.19. The first-order valence-corrected chi connectivity index (χ1v) is 10.1. The van der Waals surface area contributed by atoms with Crippen LogP contribution in [0.25, 0.3) is 11.5 Å². The van der Waals surface area contributed by atoms with E-state index in [9.17, 15) is 8.42 Å². The van der Waals surface area contributed by atoms with Gasteiger partial charge in [-0.25, -0.2) is 8.42 Å². The summed E-state index contributed by atoms with van der Waals surface area (Å²) in [6, 6.07) is 25.8. The van der Waals surface area contributed by atoms with E-state index >= 15 is 0 Å². The highest BCUT2D eigenvalue weighted by molar-refractivity contribution is 7.89. The highest BCUT2D eigenvalue weighted by atomic mass is 32.2. The molecule has 0 bridgehead atoms. The molecule has 1 aromatic heterocycles. The molecule has 0 saturated carbocycles. The molecule has 1 N–H and O–H groups in total. The van der Waals surface area contributed by atoms with E-state index in [-0.39, 0.29) is 10.8 Å². The Morgan fingerprint density at radius 2 is 1.32 bits per heavy atom. The average molecular weight is 391 g/mol. The summed E-state index contributed by atoms with van der Waals surface area (Å²) in [6.45, 7) is 0. The summed E-state index contributed by atoms with van der Waals surface area (Å²) < 4.78 is 34.2. The molecule has 0 amide bonds. The van der Waals surface area contributed by atoms with Gasteiger partial charge < -0.3 is 4.42 Å². The number of sulfonamides is 1. The van der Waals surface area contributed by atoms with E-state index in [2.05, 4.69) is 14.9 Å². The van der Waals surface area contributed by atoms with Crippen molar-refractivity contribution in [2.75, 3.05) is 0 Å². The van der Waals surface area contributed by atoms with Gasteiger partial charge in [-0.1, -0.05) is 66.7 Å². The topological polar surface area (TPSA) is 85.1 Å². The molecule has 0 aliphatic heterocycles. The minimum absolute atomic E-state index is 0.165. The Morgan fingerprint density at radius 1 is 0.750 bits per heavy atom. The standard InChI is InChI=1S/C21H17N3O3S/c25-28(26,18-14-8-3-9-15-18)24-19(16-10-4-1-5-11-16)21-23-22-20(27-21)17-12-6-2-7-13-17/h1-15,19,24H. The molecule has 0 radical (unpaired) electrons. The summed E-state index contributed by atoms with van der Waals surface area (Å²) in [4.78, 5) is 0.165. The quantitative estimate of drug-likeness (QED) is 0.540. The zero-order valence-corrected chi connectivity index (χ0v) is 15.6. The van der Waals surface area contributed by atoms with E-state index < -0.39 is 16.1 Å². The van der Waals surface area contributed by atoms with Crippen molar-refractivity contribution in [1.82, 2.24) is 14.9 Å². The molecule has 1 heterocycles. The van der Waals surface area contributed by atoms with Crippen LogP contribution in [0, 0.1) is 0 Å². The average Bonchev–Trinajstić information content (AvgIpc) is 3.24. The second kappa shape index (κ2) is 7.75. The van der Waals surface area contributed by atoms with Gasteiger partial charge in [-0.15, -0.1) is 10.2 Å². The normalized spacial score (nSPS) is 12.6. The molecule has 4 aromatic rings. The predicted molar refractivity (Wildman–Crippen MR) is 105 cm³/mol. The Balaban J connectivity index is 1.73. The molecule has 28 heavy (non-hydrogen) atoms. The van der Waals surface area contributed by atoms with Crippen LogP contribution in [0.3, 0.4) is 0 Å². The van der Waals surface area contributed by atoms with Crippen LogP contribution in [-0.2, 0) is 10.0 Å². The Morgan fingerprint density at radius 3 is 1.96 bits per heavy atom. The van der Waals surface area contributed by atoms with Crippen LogP contribution < -0.4 is 4.72 Å². The van der Waals surface area contributed by atoms with Gasteiger partial charge in [-0.05, 0) is 29.8 Å². The van der Waals surface area contributed by atoms with Gasteiger partial charge in [0.2, 0.25) is 21.8 Å². The van der Waals surface area contributed by atoms with Gasteiger partial charge in [-0.3, -0.25) is 0 Å². The van der Waals surface area contributed by atoms with Crippen molar-refractivity contribution in [2.45, 2.75) is 10.9 Å². The van der Waals surface area contributed by atoms with Crippen LogP contribution in [0.2, 0.25) is 0 Å². The molecular formula is C21H17N3O3S. The molecule has 0 aliphatic carbocycles. The van der Waals surface area contributed by atoms with Gasteiger partial charge in [0.25, 0.3) is 0 Å². The van der Waals surface area contributed by atoms with Crippen molar-refractivity contribution in [1.29, 1.82) is 0 Å². The fraction of sp³-hybridized carbons (Fsp3) is 0.0476. The Bertz CT molecular complexity index is 1150. The maximum absolute atomic E-state index is 12.9. The number of hydrogen-bond acceptors (Lipinski definition) is 5. The summed E-state index contributed by atoms with van der Waals surface area (Å²) in [7, 11) is -3.79. The van der Waals surface area contributed by atoms with Crippen LogP contribution in [0.15, 0.2) is 100 Å². The molecule has 6 nitrogen and oxygen atoms in total.